The van der Waals surface area contributed by atoms with Crippen molar-refractivity contribution in [3.05, 3.63) is 39.9 Å². The standard InChI is InChI=1S/C22H23F4N3O2/c23-21(24)4-1-10(2-5-21)11-7-13-14(22(13,25)26)8-12(11)16-9-17(30)18-15(29-16)3-6-28-19(18)20(27)31/h3,6,9-14H,1-2,4-5,7-8H2,(H2,27,31)(H,29,30)/t11?,12-,13?,14+/m1/s1. The minimum atomic E-state index is -2.73. The molecule has 0 aliphatic heterocycles. The lowest BCUT2D eigenvalue weighted by Gasteiger charge is -2.40. The number of alkyl halides is 4. The van der Waals surface area contributed by atoms with Crippen LogP contribution in [-0.2, 0) is 0 Å². The van der Waals surface area contributed by atoms with Gasteiger partial charge in [-0.15, -0.1) is 0 Å². The van der Waals surface area contributed by atoms with Crippen molar-refractivity contribution in [3.8, 4) is 0 Å². The third-order valence-electron chi connectivity index (χ3n) is 7.68. The number of aromatic nitrogens is 2. The predicted octanol–water partition coefficient (Wildman–Crippen LogP) is 4.22. The minimum absolute atomic E-state index is 0.0676. The van der Waals surface area contributed by atoms with Crippen LogP contribution in [0.25, 0.3) is 10.9 Å². The van der Waals surface area contributed by atoms with Crippen molar-refractivity contribution in [1.82, 2.24) is 9.97 Å². The summed E-state index contributed by atoms with van der Waals surface area (Å²) in [4.78, 5) is 31.5. The number of nitrogens with one attached hydrogen (secondary N) is 1. The number of amides is 1. The van der Waals surface area contributed by atoms with E-state index in [-0.39, 0.29) is 54.5 Å². The molecule has 0 bridgehead atoms. The summed E-state index contributed by atoms with van der Waals surface area (Å²) in [5, 5.41) is 0.0676. The number of hydrogen-bond acceptors (Lipinski definition) is 3. The number of rotatable bonds is 3. The van der Waals surface area contributed by atoms with E-state index in [0.29, 0.717) is 24.1 Å². The number of carbonyl (C=O) groups is 1. The highest BCUT2D eigenvalue weighted by Gasteiger charge is 2.71. The molecule has 3 aliphatic carbocycles. The van der Waals surface area contributed by atoms with E-state index in [2.05, 4.69) is 9.97 Å². The first kappa shape index (κ1) is 20.5. The number of carbonyl (C=O) groups excluding carboxylic acids is 1. The Kier molecular flexibility index (Phi) is 4.47. The zero-order valence-electron chi connectivity index (χ0n) is 16.7. The fourth-order valence-electron chi connectivity index (χ4n) is 5.99. The molecule has 2 heterocycles. The molecule has 3 saturated carbocycles. The Bertz CT molecular complexity index is 1110. The van der Waals surface area contributed by atoms with Crippen molar-refractivity contribution < 1.29 is 22.4 Å². The maximum atomic E-state index is 14.3. The van der Waals surface area contributed by atoms with E-state index in [4.69, 9.17) is 5.73 Å². The summed E-state index contributed by atoms with van der Waals surface area (Å²) in [6.07, 6.45) is 1.98. The molecule has 9 heteroatoms. The van der Waals surface area contributed by atoms with Gasteiger partial charge in [-0.05, 0) is 43.6 Å². The van der Waals surface area contributed by atoms with E-state index >= 15 is 0 Å². The Morgan fingerprint density at radius 3 is 2.48 bits per heavy atom. The first-order valence-corrected chi connectivity index (χ1v) is 10.7. The van der Waals surface area contributed by atoms with Crippen molar-refractivity contribution in [2.24, 2.45) is 29.4 Å². The summed E-state index contributed by atoms with van der Waals surface area (Å²) in [5.74, 6) is -8.33. The fourth-order valence-corrected chi connectivity index (χ4v) is 5.99. The third-order valence-corrected chi connectivity index (χ3v) is 7.68. The van der Waals surface area contributed by atoms with Crippen LogP contribution in [0.1, 0.15) is 60.6 Å². The van der Waals surface area contributed by atoms with Crippen LogP contribution >= 0.6 is 0 Å². The zero-order valence-corrected chi connectivity index (χ0v) is 16.7. The quantitative estimate of drug-likeness (QED) is 0.705. The van der Waals surface area contributed by atoms with Crippen molar-refractivity contribution >= 4 is 16.8 Å². The van der Waals surface area contributed by atoms with Gasteiger partial charge in [0.15, 0.2) is 5.43 Å². The van der Waals surface area contributed by atoms with Gasteiger partial charge in [-0.25, -0.2) is 17.6 Å². The van der Waals surface area contributed by atoms with Crippen LogP contribution < -0.4 is 11.2 Å². The lowest BCUT2D eigenvalue weighted by molar-refractivity contribution is -0.0562. The maximum Gasteiger partial charge on any atom is 0.268 e. The molecule has 31 heavy (non-hydrogen) atoms. The SMILES string of the molecule is NC(=O)c1nccc2[nH]c([C@@H]3C[C@H]4C(CC3C3CCC(F)(F)CC3)C4(F)F)cc(=O)c12. The first-order chi connectivity index (χ1) is 14.6. The van der Waals surface area contributed by atoms with Gasteiger partial charge < -0.3 is 10.7 Å². The fraction of sp³-hybridized carbons (Fsp3) is 0.591. The summed E-state index contributed by atoms with van der Waals surface area (Å²) < 4.78 is 55.9. The van der Waals surface area contributed by atoms with Gasteiger partial charge in [0.05, 0.1) is 10.9 Å². The second-order valence-electron chi connectivity index (χ2n) is 9.36. The molecule has 0 radical (unpaired) electrons. The minimum Gasteiger partial charge on any atom is -0.364 e. The van der Waals surface area contributed by atoms with Gasteiger partial charge in [0.25, 0.3) is 11.8 Å². The molecule has 0 saturated heterocycles. The first-order valence-electron chi connectivity index (χ1n) is 10.7. The molecule has 4 atom stereocenters. The topological polar surface area (TPSA) is 88.8 Å². The van der Waals surface area contributed by atoms with Gasteiger partial charge >= 0.3 is 0 Å². The second-order valence-corrected chi connectivity index (χ2v) is 9.36. The normalized spacial score (nSPS) is 31.9. The van der Waals surface area contributed by atoms with E-state index < -0.39 is 35.0 Å². The molecule has 3 fully saturated rings. The number of nitrogens with two attached hydrogens (primary N) is 1. The van der Waals surface area contributed by atoms with Gasteiger partial charge in [0.2, 0.25) is 5.92 Å². The van der Waals surface area contributed by atoms with Crippen LogP contribution in [0.3, 0.4) is 0 Å². The molecule has 2 unspecified atom stereocenters. The largest absolute Gasteiger partial charge is 0.364 e. The number of aromatic amines is 1. The van der Waals surface area contributed by atoms with Crippen molar-refractivity contribution in [1.29, 1.82) is 0 Å². The average molecular weight is 437 g/mol. The molecule has 3 N–H and O–H groups in total. The molecular formula is C22H23F4N3O2. The molecule has 2 aromatic rings. The van der Waals surface area contributed by atoms with Crippen molar-refractivity contribution in [2.75, 3.05) is 0 Å². The van der Waals surface area contributed by atoms with Crippen molar-refractivity contribution in [3.63, 3.8) is 0 Å². The van der Waals surface area contributed by atoms with Crippen LogP contribution in [0.15, 0.2) is 23.1 Å². The number of hydrogen-bond donors (Lipinski definition) is 2. The summed E-state index contributed by atoms with van der Waals surface area (Å²) in [6, 6.07) is 2.88. The molecular weight excluding hydrogens is 414 g/mol. The Morgan fingerprint density at radius 1 is 1.13 bits per heavy atom. The highest BCUT2D eigenvalue weighted by molar-refractivity contribution is 6.03. The summed E-state index contributed by atoms with van der Waals surface area (Å²) >= 11 is 0. The summed E-state index contributed by atoms with van der Waals surface area (Å²) in [7, 11) is 0. The average Bonchev–Trinajstić information content (AvgIpc) is 3.26. The molecule has 0 spiro atoms. The van der Waals surface area contributed by atoms with E-state index in [1.54, 1.807) is 6.07 Å². The number of primary amides is 1. The summed E-state index contributed by atoms with van der Waals surface area (Å²) in [5.41, 5.74) is 5.61. The van der Waals surface area contributed by atoms with E-state index in [9.17, 15) is 27.2 Å². The van der Waals surface area contributed by atoms with Gasteiger partial charge in [-0.3, -0.25) is 14.6 Å². The second kappa shape index (κ2) is 6.77. The monoisotopic (exact) mass is 437 g/mol. The Balaban J connectivity index is 1.54. The van der Waals surface area contributed by atoms with Crippen LogP contribution in [0, 0.1) is 23.7 Å². The molecule has 3 aliphatic rings. The lowest BCUT2D eigenvalue weighted by Crippen LogP contribution is -2.33. The molecule has 2 aromatic heterocycles. The van der Waals surface area contributed by atoms with Crippen LogP contribution in [-0.4, -0.2) is 27.7 Å². The molecule has 1 amide bonds. The summed E-state index contributed by atoms with van der Waals surface area (Å²) in [6.45, 7) is 0. The van der Waals surface area contributed by atoms with Crippen LogP contribution in [0.2, 0.25) is 0 Å². The predicted molar refractivity (Wildman–Crippen MR) is 105 cm³/mol. The number of halogens is 4. The van der Waals surface area contributed by atoms with Crippen molar-refractivity contribution in [2.45, 2.75) is 56.3 Å². The highest BCUT2D eigenvalue weighted by Crippen LogP contribution is 2.67. The van der Waals surface area contributed by atoms with Crippen LogP contribution in [0.4, 0.5) is 17.6 Å². The number of fused-ring (bicyclic) bond motifs is 2. The maximum absolute atomic E-state index is 14.3. The number of H-pyrrole nitrogens is 1. The van der Waals surface area contributed by atoms with Gasteiger partial charge in [-0.2, -0.15) is 0 Å². The molecule has 0 aromatic carbocycles. The van der Waals surface area contributed by atoms with E-state index in [1.165, 1.54) is 12.3 Å². The Morgan fingerprint density at radius 2 is 1.81 bits per heavy atom. The lowest BCUT2D eigenvalue weighted by atomic mass is 9.66. The van der Waals surface area contributed by atoms with Crippen LogP contribution in [0.5, 0.6) is 0 Å². The van der Waals surface area contributed by atoms with E-state index in [1.807, 2.05) is 0 Å². The number of nitrogens with zero attached hydrogens (tertiary/aromatic N) is 1. The van der Waals surface area contributed by atoms with Gasteiger partial charge in [0.1, 0.15) is 5.69 Å². The Labute approximate surface area is 175 Å². The van der Waals surface area contributed by atoms with Gasteiger partial charge in [-0.1, -0.05) is 0 Å². The zero-order chi connectivity index (χ0) is 22.1. The van der Waals surface area contributed by atoms with Gasteiger partial charge in [0, 0.05) is 48.6 Å². The molecule has 5 rings (SSSR count). The number of pyridine rings is 2. The highest BCUT2D eigenvalue weighted by atomic mass is 19.3. The smallest absolute Gasteiger partial charge is 0.268 e. The van der Waals surface area contributed by atoms with E-state index in [0.717, 1.165) is 0 Å². The molecule has 166 valence electrons. The Hall–Kier alpha value is -2.45. The third kappa shape index (κ3) is 3.32. The molecule has 5 nitrogen and oxygen atoms in total.